The zero-order chi connectivity index (χ0) is 15.6. The second-order valence-electron chi connectivity index (χ2n) is 4.25. The fourth-order valence-electron chi connectivity index (χ4n) is 1.69. The molecule has 0 spiro atoms. The Bertz CT molecular complexity index is 707. The van der Waals surface area contributed by atoms with E-state index < -0.39 is 17.5 Å². The number of nitrogen functional groups attached to an aromatic ring is 1. The van der Waals surface area contributed by atoms with Gasteiger partial charge in [-0.3, -0.25) is 5.41 Å². The third-order valence-corrected chi connectivity index (χ3v) is 3.08. The van der Waals surface area contributed by atoms with Crippen LogP contribution in [-0.2, 0) is 6.61 Å². The summed E-state index contributed by atoms with van der Waals surface area (Å²) in [4.78, 5) is 0. The lowest BCUT2D eigenvalue weighted by Crippen LogP contribution is -2.12. The first-order valence-electron chi connectivity index (χ1n) is 5.78. The van der Waals surface area contributed by atoms with Crippen molar-refractivity contribution in [1.82, 2.24) is 0 Å². The van der Waals surface area contributed by atoms with Crippen molar-refractivity contribution in [3.05, 3.63) is 63.4 Å². The topological polar surface area (TPSA) is 59.1 Å². The van der Waals surface area contributed by atoms with Crippen molar-refractivity contribution in [2.24, 2.45) is 5.73 Å². The van der Waals surface area contributed by atoms with E-state index in [9.17, 15) is 13.2 Å². The highest BCUT2D eigenvalue weighted by Crippen LogP contribution is 2.26. The van der Waals surface area contributed by atoms with E-state index in [0.29, 0.717) is 10.0 Å². The summed E-state index contributed by atoms with van der Waals surface area (Å²) in [5, 5.41) is 7.27. The van der Waals surface area contributed by atoms with Gasteiger partial charge in [0.15, 0.2) is 11.6 Å². The Labute approximate surface area is 127 Å². The molecule has 7 heteroatoms. The van der Waals surface area contributed by atoms with Gasteiger partial charge < -0.3 is 10.5 Å². The van der Waals surface area contributed by atoms with E-state index in [1.807, 2.05) is 0 Å². The van der Waals surface area contributed by atoms with Crippen LogP contribution in [0.1, 0.15) is 11.1 Å². The molecule has 21 heavy (non-hydrogen) atoms. The molecule has 0 saturated heterocycles. The van der Waals surface area contributed by atoms with Gasteiger partial charge >= 0.3 is 0 Å². The summed E-state index contributed by atoms with van der Waals surface area (Å²) in [6, 6.07) is 5.95. The van der Waals surface area contributed by atoms with Crippen LogP contribution in [0.2, 0.25) is 0 Å². The Kier molecular flexibility index (Phi) is 4.52. The summed E-state index contributed by atoms with van der Waals surface area (Å²) < 4.78 is 45.6. The van der Waals surface area contributed by atoms with Gasteiger partial charge in [-0.1, -0.05) is 15.9 Å². The van der Waals surface area contributed by atoms with Crippen molar-refractivity contribution in [2.45, 2.75) is 6.61 Å². The van der Waals surface area contributed by atoms with E-state index >= 15 is 0 Å². The van der Waals surface area contributed by atoms with Crippen molar-refractivity contribution in [3.8, 4) is 5.75 Å². The average Bonchev–Trinajstić information content (AvgIpc) is 2.40. The van der Waals surface area contributed by atoms with Crippen LogP contribution in [0.15, 0.2) is 34.8 Å². The number of benzene rings is 2. The van der Waals surface area contributed by atoms with Gasteiger partial charge in [-0.25, -0.2) is 8.78 Å². The Hall–Kier alpha value is -2.02. The van der Waals surface area contributed by atoms with Crippen LogP contribution in [0.3, 0.4) is 0 Å². The summed E-state index contributed by atoms with van der Waals surface area (Å²) >= 11 is 3.02. The molecular formula is C14H10BrF3N2O. The summed E-state index contributed by atoms with van der Waals surface area (Å²) in [5.74, 6) is -3.36. The maximum absolute atomic E-state index is 13.5. The molecule has 0 aromatic heterocycles. The van der Waals surface area contributed by atoms with Crippen LogP contribution in [0.25, 0.3) is 0 Å². The molecule has 0 radical (unpaired) electrons. The molecule has 0 unspecified atom stereocenters. The first kappa shape index (κ1) is 15.4. The molecular weight excluding hydrogens is 349 g/mol. The molecule has 2 rings (SSSR count). The van der Waals surface area contributed by atoms with Crippen LogP contribution in [-0.4, -0.2) is 5.84 Å². The molecule has 0 aliphatic rings. The molecule has 0 bridgehead atoms. The fraction of sp³-hybridized carbons (Fsp3) is 0.0714. The monoisotopic (exact) mass is 358 g/mol. The average molecular weight is 359 g/mol. The number of ether oxygens (including phenoxy) is 1. The summed E-state index contributed by atoms with van der Waals surface area (Å²) in [6.45, 7) is -0.190. The van der Waals surface area contributed by atoms with Gasteiger partial charge in [-0.15, -0.1) is 0 Å². The number of nitrogens with two attached hydrogens (primary N) is 1. The number of rotatable bonds is 4. The van der Waals surface area contributed by atoms with Crippen LogP contribution in [0, 0.1) is 22.9 Å². The Morgan fingerprint density at radius 1 is 1.14 bits per heavy atom. The molecule has 0 saturated carbocycles. The minimum absolute atomic E-state index is 0.189. The second kappa shape index (κ2) is 6.17. The van der Waals surface area contributed by atoms with E-state index in [0.717, 1.165) is 12.1 Å². The maximum atomic E-state index is 13.5. The zero-order valence-corrected chi connectivity index (χ0v) is 12.2. The maximum Gasteiger partial charge on any atom is 0.200 e. The molecule has 3 nitrogen and oxygen atoms in total. The van der Waals surface area contributed by atoms with Crippen LogP contribution in [0.5, 0.6) is 5.75 Å². The molecule has 0 fully saturated rings. The van der Waals surface area contributed by atoms with Gasteiger partial charge in [0, 0.05) is 10.0 Å². The standard InChI is InChI=1S/C14H10BrF3N2O/c15-9-4-11(17)13(18)12(5-9)21-6-7-1-8(14(19)20)3-10(16)2-7/h1-5H,6H2,(H3,19,20). The first-order valence-corrected chi connectivity index (χ1v) is 6.57. The predicted octanol–water partition coefficient (Wildman–Crippen LogP) is 3.73. The highest BCUT2D eigenvalue weighted by atomic mass is 79.9. The summed E-state index contributed by atoms with van der Waals surface area (Å²) in [5.41, 5.74) is 5.82. The largest absolute Gasteiger partial charge is 0.486 e. The number of hydrogen-bond donors (Lipinski definition) is 2. The molecule has 2 aromatic carbocycles. The van der Waals surface area contributed by atoms with Gasteiger partial charge in [0.1, 0.15) is 18.3 Å². The van der Waals surface area contributed by atoms with Crippen molar-refractivity contribution >= 4 is 21.8 Å². The lowest BCUT2D eigenvalue weighted by atomic mass is 10.1. The van der Waals surface area contributed by atoms with Crippen molar-refractivity contribution in [1.29, 1.82) is 5.41 Å². The van der Waals surface area contributed by atoms with Gasteiger partial charge in [-0.2, -0.15) is 4.39 Å². The molecule has 110 valence electrons. The second-order valence-corrected chi connectivity index (χ2v) is 5.17. The molecule has 3 N–H and O–H groups in total. The molecule has 0 aliphatic heterocycles. The molecule has 0 aliphatic carbocycles. The van der Waals surface area contributed by atoms with Crippen LogP contribution >= 0.6 is 15.9 Å². The third-order valence-electron chi connectivity index (χ3n) is 2.62. The van der Waals surface area contributed by atoms with Crippen molar-refractivity contribution in [2.75, 3.05) is 0 Å². The third kappa shape index (κ3) is 3.75. The molecule has 0 amide bonds. The van der Waals surface area contributed by atoms with E-state index in [1.165, 1.54) is 18.2 Å². The lowest BCUT2D eigenvalue weighted by molar-refractivity contribution is 0.284. The molecule has 0 heterocycles. The quantitative estimate of drug-likeness (QED) is 0.497. The number of hydrogen-bond acceptors (Lipinski definition) is 2. The number of halogens is 4. The SMILES string of the molecule is N=C(N)c1cc(F)cc(COc2cc(Br)cc(F)c2F)c1. The van der Waals surface area contributed by atoms with Gasteiger partial charge in [0.05, 0.1) is 0 Å². The molecule has 0 atom stereocenters. The highest BCUT2D eigenvalue weighted by molar-refractivity contribution is 9.10. The van der Waals surface area contributed by atoms with Crippen molar-refractivity contribution in [3.63, 3.8) is 0 Å². The number of nitrogens with one attached hydrogen (secondary N) is 1. The normalized spacial score (nSPS) is 10.5. The van der Waals surface area contributed by atoms with E-state index in [1.54, 1.807) is 0 Å². The Morgan fingerprint density at radius 2 is 1.86 bits per heavy atom. The van der Waals surface area contributed by atoms with Crippen molar-refractivity contribution < 1.29 is 17.9 Å². The lowest BCUT2D eigenvalue weighted by Gasteiger charge is -2.10. The minimum atomic E-state index is -1.12. The summed E-state index contributed by atoms with van der Waals surface area (Å²) in [7, 11) is 0. The fourth-order valence-corrected chi connectivity index (χ4v) is 2.10. The Balaban J connectivity index is 2.22. The predicted molar refractivity (Wildman–Crippen MR) is 75.8 cm³/mol. The first-order chi connectivity index (χ1) is 9.86. The van der Waals surface area contributed by atoms with Gasteiger partial charge in [-0.05, 0) is 35.9 Å². The number of amidine groups is 1. The van der Waals surface area contributed by atoms with Crippen LogP contribution in [0.4, 0.5) is 13.2 Å². The zero-order valence-electron chi connectivity index (χ0n) is 10.6. The van der Waals surface area contributed by atoms with Gasteiger partial charge in [0.25, 0.3) is 0 Å². The Morgan fingerprint density at radius 3 is 2.52 bits per heavy atom. The van der Waals surface area contributed by atoms with E-state index in [-0.39, 0.29) is 23.8 Å². The van der Waals surface area contributed by atoms with Gasteiger partial charge in [0.2, 0.25) is 5.82 Å². The van der Waals surface area contributed by atoms with Crippen LogP contribution < -0.4 is 10.5 Å². The minimum Gasteiger partial charge on any atom is -0.486 e. The molecule has 2 aromatic rings. The van der Waals surface area contributed by atoms with E-state index in [2.05, 4.69) is 15.9 Å². The van der Waals surface area contributed by atoms with E-state index in [4.69, 9.17) is 15.9 Å². The highest BCUT2D eigenvalue weighted by Gasteiger charge is 2.12. The summed E-state index contributed by atoms with van der Waals surface area (Å²) in [6.07, 6.45) is 0. The smallest absolute Gasteiger partial charge is 0.200 e.